The third-order valence-corrected chi connectivity index (χ3v) is 6.75. The summed E-state index contributed by atoms with van der Waals surface area (Å²) in [5.74, 6) is -0.601. The summed E-state index contributed by atoms with van der Waals surface area (Å²) >= 11 is 5.89. The van der Waals surface area contributed by atoms with Gasteiger partial charge in [0.25, 0.3) is 5.91 Å². The topological polar surface area (TPSA) is 139 Å². The Morgan fingerprint density at radius 1 is 0.906 bits per heavy atom. The van der Waals surface area contributed by atoms with Gasteiger partial charge in [-0.1, -0.05) is 11.6 Å². The van der Waals surface area contributed by atoms with Gasteiger partial charge in [-0.2, -0.15) is 0 Å². The molecule has 0 aromatic heterocycles. The molecule has 0 rings (SSSR count). The van der Waals surface area contributed by atoms with Gasteiger partial charge in [-0.25, -0.2) is 9.13 Å². The highest BCUT2D eigenvalue weighted by atomic mass is 35.5. The number of hydrogen-bond acceptors (Lipinski definition) is 10. The summed E-state index contributed by atoms with van der Waals surface area (Å²) in [6, 6.07) is 0. The van der Waals surface area contributed by atoms with Crippen molar-refractivity contribution in [3.8, 4) is 0 Å². The average molecular weight is 523 g/mol. The summed E-state index contributed by atoms with van der Waals surface area (Å²) < 4.78 is 51.1. The standard InChI is InChI=1S/C10H19ClNO5P.C7H14NO5P/c1-6-12(7-2)10(13)9(11)8(3)17-18(14,15-4)16-5;1-6(5-7(9)8-2)13-14(10,11-3)12-4/h6-7H2,1-5H3;5H,1-4H3,(H,8,9)/b9-8-;6-5+. The summed E-state index contributed by atoms with van der Waals surface area (Å²) in [6.45, 7) is 7.60. The minimum Gasteiger partial charge on any atom is -0.409 e. The monoisotopic (exact) mass is 522 g/mol. The van der Waals surface area contributed by atoms with E-state index >= 15 is 0 Å². The van der Waals surface area contributed by atoms with Crippen LogP contribution in [0.3, 0.4) is 0 Å². The molecule has 0 unspecified atom stereocenters. The number of rotatable bonds is 12. The van der Waals surface area contributed by atoms with E-state index in [2.05, 4.69) is 23.4 Å². The van der Waals surface area contributed by atoms with Crippen molar-refractivity contribution in [2.24, 2.45) is 0 Å². The van der Waals surface area contributed by atoms with Crippen LogP contribution in [0.25, 0.3) is 0 Å². The van der Waals surface area contributed by atoms with E-state index in [0.717, 1.165) is 6.08 Å². The van der Waals surface area contributed by atoms with Crippen molar-refractivity contribution in [1.82, 2.24) is 10.2 Å². The minimum atomic E-state index is -3.69. The van der Waals surface area contributed by atoms with Crippen molar-refractivity contribution in [1.29, 1.82) is 0 Å². The van der Waals surface area contributed by atoms with Crippen LogP contribution in [0.2, 0.25) is 0 Å². The van der Waals surface area contributed by atoms with Gasteiger partial charge in [0.15, 0.2) is 0 Å². The zero-order chi connectivity index (χ0) is 25.5. The lowest BCUT2D eigenvalue weighted by Crippen LogP contribution is -2.31. The molecule has 32 heavy (non-hydrogen) atoms. The molecule has 15 heteroatoms. The number of phosphoric acid groups is 2. The lowest BCUT2D eigenvalue weighted by atomic mass is 10.4. The van der Waals surface area contributed by atoms with Gasteiger partial charge in [0.1, 0.15) is 16.6 Å². The van der Waals surface area contributed by atoms with Crippen LogP contribution in [0, 0.1) is 0 Å². The Hall–Kier alpha value is -1.39. The van der Waals surface area contributed by atoms with Crippen LogP contribution in [0.1, 0.15) is 27.7 Å². The van der Waals surface area contributed by atoms with Crippen molar-refractivity contribution < 1.29 is 45.9 Å². The van der Waals surface area contributed by atoms with Crippen LogP contribution in [-0.2, 0) is 45.9 Å². The van der Waals surface area contributed by atoms with E-state index in [0.29, 0.717) is 13.1 Å². The summed E-state index contributed by atoms with van der Waals surface area (Å²) in [5, 5.41) is 2.21. The van der Waals surface area contributed by atoms with Gasteiger partial charge < -0.3 is 19.3 Å². The lowest BCUT2D eigenvalue weighted by Gasteiger charge is -2.20. The van der Waals surface area contributed by atoms with Gasteiger partial charge in [0, 0.05) is 54.7 Å². The molecule has 188 valence electrons. The van der Waals surface area contributed by atoms with Gasteiger partial charge in [-0.15, -0.1) is 0 Å². The van der Waals surface area contributed by atoms with Crippen LogP contribution in [0.4, 0.5) is 0 Å². The van der Waals surface area contributed by atoms with Crippen molar-refractivity contribution >= 4 is 39.1 Å². The van der Waals surface area contributed by atoms with E-state index in [9.17, 15) is 18.7 Å². The van der Waals surface area contributed by atoms with Gasteiger partial charge in [-0.05, 0) is 27.7 Å². The molecule has 0 radical (unpaired) electrons. The first-order chi connectivity index (χ1) is 14.8. The first kappa shape index (κ1) is 32.8. The van der Waals surface area contributed by atoms with Gasteiger partial charge in [0.05, 0.1) is 0 Å². The van der Waals surface area contributed by atoms with Crippen LogP contribution in [0.15, 0.2) is 22.6 Å². The fraction of sp³-hybridized carbons (Fsp3) is 0.647. The van der Waals surface area contributed by atoms with E-state index in [4.69, 9.17) is 20.6 Å². The number of likely N-dealkylation sites (N-methyl/N-ethyl adjacent to an activating group) is 2. The molecule has 0 aliphatic heterocycles. The molecular formula is C17H33ClN2O10P2. The van der Waals surface area contributed by atoms with E-state index < -0.39 is 21.6 Å². The van der Waals surface area contributed by atoms with Crippen molar-refractivity contribution in [2.75, 3.05) is 48.6 Å². The summed E-state index contributed by atoms with van der Waals surface area (Å²) in [5.41, 5.74) is 0. The third kappa shape index (κ3) is 12.0. The number of allylic oxidation sites excluding steroid dienone is 2. The van der Waals surface area contributed by atoms with Gasteiger partial charge in [0.2, 0.25) is 5.91 Å². The smallest absolute Gasteiger partial charge is 0.409 e. The first-order valence-electron chi connectivity index (χ1n) is 9.20. The maximum atomic E-state index is 11.9. The Morgan fingerprint density at radius 2 is 1.31 bits per heavy atom. The normalized spacial score (nSPS) is 12.8. The number of amides is 2. The largest absolute Gasteiger partial charge is 0.529 e. The Bertz CT molecular complexity index is 752. The molecule has 0 atom stereocenters. The van der Waals surface area contributed by atoms with E-state index in [-0.39, 0.29) is 22.5 Å². The van der Waals surface area contributed by atoms with E-state index in [1.807, 2.05) is 13.8 Å². The fourth-order valence-electron chi connectivity index (χ4n) is 1.77. The van der Waals surface area contributed by atoms with Gasteiger partial charge >= 0.3 is 15.6 Å². The number of halogens is 1. The van der Waals surface area contributed by atoms with Crippen LogP contribution in [0.5, 0.6) is 0 Å². The molecule has 0 heterocycles. The predicted octanol–water partition coefficient (Wildman–Crippen LogP) is 3.80. The molecule has 0 fully saturated rings. The second kappa shape index (κ2) is 16.3. The zero-order valence-electron chi connectivity index (χ0n) is 19.8. The maximum Gasteiger partial charge on any atom is 0.529 e. The Kier molecular flexibility index (Phi) is 16.7. The molecular weight excluding hydrogens is 490 g/mol. The van der Waals surface area contributed by atoms with E-state index in [1.54, 1.807) is 0 Å². The zero-order valence-corrected chi connectivity index (χ0v) is 22.3. The summed E-state index contributed by atoms with van der Waals surface area (Å²) in [6.07, 6.45) is 1.14. The number of carbonyl (C=O) groups is 2. The fourth-order valence-corrected chi connectivity index (χ4v) is 3.41. The van der Waals surface area contributed by atoms with Gasteiger partial charge in [-0.3, -0.25) is 27.7 Å². The van der Waals surface area contributed by atoms with E-state index in [1.165, 1.54) is 54.2 Å². The molecule has 0 bridgehead atoms. The highest BCUT2D eigenvalue weighted by Gasteiger charge is 2.27. The molecule has 1 N–H and O–H groups in total. The Morgan fingerprint density at radius 3 is 1.66 bits per heavy atom. The summed E-state index contributed by atoms with van der Waals surface area (Å²) in [4.78, 5) is 24.3. The molecule has 0 spiro atoms. The molecule has 0 saturated carbocycles. The van der Waals surface area contributed by atoms with Crippen LogP contribution in [-0.4, -0.2) is 65.3 Å². The number of carbonyl (C=O) groups excluding carboxylic acids is 2. The quantitative estimate of drug-likeness (QED) is 0.229. The number of hydrogen-bond donors (Lipinski definition) is 1. The highest BCUT2D eigenvalue weighted by molar-refractivity contribution is 7.48. The van der Waals surface area contributed by atoms with Crippen molar-refractivity contribution in [2.45, 2.75) is 27.7 Å². The van der Waals surface area contributed by atoms with Crippen molar-refractivity contribution in [3.05, 3.63) is 22.6 Å². The average Bonchev–Trinajstić information content (AvgIpc) is 2.78. The van der Waals surface area contributed by atoms with Crippen LogP contribution >= 0.6 is 27.2 Å². The SMILES string of the molecule is CCN(CC)C(=O)/C(Cl)=C(\C)OP(=O)(OC)OC.CNC(=O)/C=C(\C)OP(=O)(OC)OC. The predicted molar refractivity (Wildman–Crippen MR) is 120 cm³/mol. The lowest BCUT2D eigenvalue weighted by molar-refractivity contribution is -0.126. The molecule has 0 aliphatic rings. The Balaban J connectivity index is 0. The number of nitrogens with one attached hydrogen (secondary N) is 1. The molecule has 0 aliphatic carbocycles. The Labute approximate surface area is 194 Å². The number of phosphoric ester groups is 2. The highest BCUT2D eigenvalue weighted by Crippen LogP contribution is 2.50. The molecule has 2 amide bonds. The third-order valence-electron chi connectivity index (χ3n) is 3.53. The second-order valence-electron chi connectivity index (χ2n) is 5.52. The molecule has 0 aromatic rings. The van der Waals surface area contributed by atoms with Crippen molar-refractivity contribution in [3.63, 3.8) is 0 Å². The molecule has 0 aromatic carbocycles. The minimum absolute atomic E-state index is 0.000556. The first-order valence-corrected chi connectivity index (χ1v) is 12.5. The van der Waals surface area contributed by atoms with Crippen LogP contribution < -0.4 is 5.32 Å². The molecule has 12 nitrogen and oxygen atoms in total. The number of nitrogens with zero attached hydrogens (tertiary/aromatic N) is 1. The molecule has 0 saturated heterocycles. The maximum absolute atomic E-state index is 11.9. The second-order valence-corrected chi connectivity index (χ2v) is 9.52. The summed E-state index contributed by atoms with van der Waals surface area (Å²) in [7, 11) is -1.03.